The van der Waals surface area contributed by atoms with Crippen LogP contribution in [-0.2, 0) is 9.59 Å². The second kappa shape index (κ2) is 9.14. The number of amides is 2. The van der Waals surface area contributed by atoms with Crippen molar-refractivity contribution in [2.45, 2.75) is 12.8 Å². The van der Waals surface area contributed by atoms with Crippen molar-refractivity contribution >= 4 is 41.3 Å². The number of nitrogens with two attached hydrogens (primary N) is 1. The summed E-state index contributed by atoms with van der Waals surface area (Å²) in [5.41, 5.74) is 7.54. The number of ether oxygens (including phenoxy) is 2. The van der Waals surface area contributed by atoms with E-state index < -0.39 is 0 Å². The van der Waals surface area contributed by atoms with Gasteiger partial charge in [-0.2, -0.15) is 0 Å². The Kier molecular flexibility index (Phi) is 6.90. The minimum atomic E-state index is -0.340. The molecule has 0 saturated carbocycles. The van der Waals surface area contributed by atoms with Gasteiger partial charge in [-0.1, -0.05) is 6.07 Å². The highest BCUT2D eigenvalue weighted by Gasteiger charge is 2.21. The number of anilines is 3. The average molecular weight is 392 g/mol. The van der Waals surface area contributed by atoms with E-state index in [2.05, 4.69) is 5.32 Å². The molecule has 2 amide bonds. The van der Waals surface area contributed by atoms with Gasteiger partial charge in [-0.3, -0.25) is 9.59 Å². The van der Waals surface area contributed by atoms with Crippen molar-refractivity contribution < 1.29 is 19.1 Å². The molecular weight excluding hydrogens is 370 g/mol. The lowest BCUT2D eigenvalue weighted by atomic mass is 10.2. The Balaban J connectivity index is 0.00000261. The van der Waals surface area contributed by atoms with Gasteiger partial charge >= 0.3 is 0 Å². The highest BCUT2D eigenvalue weighted by molar-refractivity contribution is 5.96. The van der Waals surface area contributed by atoms with Gasteiger partial charge in [0.05, 0.1) is 18.5 Å². The second-order valence-corrected chi connectivity index (χ2v) is 5.94. The molecule has 1 heterocycles. The molecule has 3 N–H and O–H groups in total. The Labute approximate surface area is 163 Å². The molecule has 2 aromatic carbocycles. The molecular formula is C19H22ClN3O4. The standard InChI is InChI=1S/C19H21N3O4.ClH/c1-25-14-7-8-16(20)17(11-14)21-18(23)12-26-15-5-2-4-13(10-15)22-9-3-6-19(22)24;/h2,4-5,7-8,10-11H,3,6,9,12,20H2,1H3,(H,21,23);1H. The van der Waals surface area contributed by atoms with Gasteiger partial charge < -0.3 is 25.4 Å². The molecule has 1 fully saturated rings. The summed E-state index contributed by atoms with van der Waals surface area (Å²) in [6.07, 6.45) is 1.42. The SMILES string of the molecule is COc1ccc(N)c(NC(=O)COc2cccc(N3CCCC3=O)c2)c1.Cl. The Morgan fingerprint density at radius 2 is 2.04 bits per heavy atom. The van der Waals surface area contributed by atoms with E-state index in [-0.39, 0.29) is 30.8 Å². The molecule has 8 heteroatoms. The molecule has 2 aromatic rings. The van der Waals surface area contributed by atoms with Crippen LogP contribution >= 0.6 is 12.4 Å². The number of methoxy groups -OCH3 is 1. The van der Waals surface area contributed by atoms with Crippen LogP contribution in [0.4, 0.5) is 17.1 Å². The molecule has 1 saturated heterocycles. The second-order valence-electron chi connectivity index (χ2n) is 5.94. The summed E-state index contributed by atoms with van der Waals surface area (Å²) < 4.78 is 10.7. The maximum absolute atomic E-state index is 12.1. The van der Waals surface area contributed by atoms with E-state index in [1.165, 1.54) is 0 Å². The molecule has 0 bridgehead atoms. The lowest BCUT2D eigenvalue weighted by Crippen LogP contribution is -2.24. The van der Waals surface area contributed by atoms with Crippen LogP contribution in [0.5, 0.6) is 11.5 Å². The zero-order valence-corrected chi connectivity index (χ0v) is 15.8. The normalized spacial score (nSPS) is 13.1. The first-order valence-electron chi connectivity index (χ1n) is 8.33. The largest absolute Gasteiger partial charge is 0.497 e. The van der Waals surface area contributed by atoms with E-state index in [4.69, 9.17) is 15.2 Å². The molecule has 1 aliphatic rings. The summed E-state index contributed by atoms with van der Waals surface area (Å²) in [4.78, 5) is 25.7. The number of carbonyl (C=O) groups is 2. The summed E-state index contributed by atoms with van der Waals surface area (Å²) in [5.74, 6) is 0.885. The number of benzene rings is 2. The van der Waals surface area contributed by atoms with Gasteiger partial charge in [0.15, 0.2) is 6.61 Å². The Hall–Kier alpha value is -2.93. The summed E-state index contributed by atoms with van der Waals surface area (Å²) in [7, 11) is 1.54. The molecule has 144 valence electrons. The van der Waals surface area contributed by atoms with E-state index in [9.17, 15) is 9.59 Å². The van der Waals surface area contributed by atoms with E-state index in [0.29, 0.717) is 35.8 Å². The number of carbonyl (C=O) groups excluding carboxylic acids is 2. The van der Waals surface area contributed by atoms with Crippen molar-refractivity contribution in [2.24, 2.45) is 0 Å². The number of nitrogens with zero attached hydrogens (tertiary/aromatic N) is 1. The van der Waals surface area contributed by atoms with Gasteiger partial charge in [0.2, 0.25) is 5.91 Å². The van der Waals surface area contributed by atoms with Crippen LogP contribution in [0.2, 0.25) is 0 Å². The molecule has 0 aliphatic carbocycles. The molecule has 0 atom stereocenters. The maximum atomic E-state index is 12.1. The van der Waals surface area contributed by atoms with Crippen LogP contribution in [0.15, 0.2) is 42.5 Å². The van der Waals surface area contributed by atoms with Crippen molar-refractivity contribution in [3.05, 3.63) is 42.5 Å². The monoisotopic (exact) mass is 391 g/mol. The van der Waals surface area contributed by atoms with Crippen LogP contribution in [0.1, 0.15) is 12.8 Å². The van der Waals surface area contributed by atoms with Crippen LogP contribution < -0.4 is 25.4 Å². The zero-order valence-electron chi connectivity index (χ0n) is 14.9. The first-order chi connectivity index (χ1) is 12.6. The highest BCUT2D eigenvalue weighted by atomic mass is 35.5. The highest BCUT2D eigenvalue weighted by Crippen LogP contribution is 2.26. The topological polar surface area (TPSA) is 93.9 Å². The third-order valence-corrected chi connectivity index (χ3v) is 4.11. The summed E-state index contributed by atoms with van der Waals surface area (Å²) in [5, 5.41) is 2.70. The number of rotatable bonds is 6. The maximum Gasteiger partial charge on any atom is 0.262 e. The summed E-state index contributed by atoms with van der Waals surface area (Å²) >= 11 is 0. The molecule has 0 aromatic heterocycles. The van der Waals surface area contributed by atoms with E-state index in [0.717, 1.165) is 12.1 Å². The molecule has 1 aliphatic heterocycles. The number of hydrogen-bond acceptors (Lipinski definition) is 5. The van der Waals surface area contributed by atoms with Crippen LogP contribution in [0.25, 0.3) is 0 Å². The fourth-order valence-corrected chi connectivity index (χ4v) is 2.77. The molecule has 0 unspecified atom stereocenters. The predicted molar refractivity (Wildman–Crippen MR) is 107 cm³/mol. The fourth-order valence-electron chi connectivity index (χ4n) is 2.77. The molecule has 27 heavy (non-hydrogen) atoms. The van der Waals surface area contributed by atoms with Gasteiger partial charge in [-0.25, -0.2) is 0 Å². The summed E-state index contributed by atoms with van der Waals surface area (Å²) in [6, 6.07) is 12.2. The predicted octanol–water partition coefficient (Wildman–Crippen LogP) is 2.84. The number of halogens is 1. The number of hydrogen-bond donors (Lipinski definition) is 2. The molecule has 0 radical (unpaired) electrons. The Morgan fingerprint density at radius 1 is 1.22 bits per heavy atom. The van der Waals surface area contributed by atoms with E-state index >= 15 is 0 Å². The number of nitrogens with one attached hydrogen (secondary N) is 1. The van der Waals surface area contributed by atoms with Gasteiger partial charge in [0.1, 0.15) is 11.5 Å². The van der Waals surface area contributed by atoms with Gasteiger partial charge in [0.25, 0.3) is 5.91 Å². The van der Waals surface area contributed by atoms with Crippen molar-refractivity contribution in [1.82, 2.24) is 0 Å². The average Bonchev–Trinajstić information content (AvgIpc) is 3.08. The Morgan fingerprint density at radius 3 is 2.74 bits per heavy atom. The number of nitrogen functional groups attached to an aromatic ring is 1. The van der Waals surface area contributed by atoms with E-state index in [1.54, 1.807) is 48.4 Å². The van der Waals surface area contributed by atoms with Gasteiger partial charge in [-0.05, 0) is 30.7 Å². The lowest BCUT2D eigenvalue weighted by molar-refractivity contribution is -0.118. The first kappa shape index (κ1) is 20.4. The van der Waals surface area contributed by atoms with Crippen LogP contribution in [-0.4, -0.2) is 32.1 Å². The fraction of sp³-hybridized carbons (Fsp3) is 0.263. The minimum Gasteiger partial charge on any atom is -0.497 e. The minimum absolute atomic E-state index is 0. The molecule has 0 spiro atoms. The smallest absolute Gasteiger partial charge is 0.262 e. The third kappa shape index (κ3) is 5.04. The van der Waals surface area contributed by atoms with Gasteiger partial charge in [-0.15, -0.1) is 12.4 Å². The van der Waals surface area contributed by atoms with Crippen molar-refractivity contribution in [1.29, 1.82) is 0 Å². The summed E-state index contributed by atoms with van der Waals surface area (Å²) in [6.45, 7) is 0.534. The quantitative estimate of drug-likeness (QED) is 0.738. The van der Waals surface area contributed by atoms with Crippen LogP contribution in [0, 0.1) is 0 Å². The third-order valence-electron chi connectivity index (χ3n) is 4.11. The molecule has 7 nitrogen and oxygen atoms in total. The van der Waals surface area contributed by atoms with Crippen molar-refractivity contribution in [2.75, 3.05) is 36.2 Å². The Bertz CT molecular complexity index is 828. The zero-order chi connectivity index (χ0) is 18.5. The lowest BCUT2D eigenvalue weighted by Gasteiger charge is -2.16. The van der Waals surface area contributed by atoms with Crippen molar-refractivity contribution in [3.8, 4) is 11.5 Å². The first-order valence-corrected chi connectivity index (χ1v) is 8.33. The van der Waals surface area contributed by atoms with Crippen molar-refractivity contribution in [3.63, 3.8) is 0 Å². The molecule has 3 rings (SSSR count). The van der Waals surface area contributed by atoms with Crippen LogP contribution in [0.3, 0.4) is 0 Å². The van der Waals surface area contributed by atoms with Gasteiger partial charge in [0, 0.05) is 30.8 Å². The van der Waals surface area contributed by atoms with E-state index in [1.807, 2.05) is 6.07 Å².